The van der Waals surface area contributed by atoms with Crippen LogP contribution in [-0.2, 0) is 11.3 Å². The largest absolute Gasteiger partial charge is 0.495 e. The zero-order valence-corrected chi connectivity index (χ0v) is 8.17. The summed E-state index contributed by atoms with van der Waals surface area (Å²) in [7, 11) is 1.59. The molecule has 0 unspecified atom stereocenters. The number of benzene rings is 1. The van der Waals surface area contributed by atoms with E-state index in [9.17, 15) is 0 Å². The molecule has 0 atom stereocenters. The smallest absolute Gasteiger partial charge is 0.140 e. The first-order valence-corrected chi connectivity index (χ1v) is 4.30. The van der Waals surface area contributed by atoms with Crippen molar-refractivity contribution in [2.75, 3.05) is 13.7 Å². The van der Waals surface area contributed by atoms with E-state index < -0.39 is 0 Å². The second kappa shape index (κ2) is 5.07. The minimum Gasteiger partial charge on any atom is -0.495 e. The minimum absolute atomic E-state index is 0.455. The van der Waals surface area contributed by atoms with E-state index >= 15 is 0 Å². The Morgan fingerprint density at radius 1 is 1.46 bits per heavy atom. The lowest BCUT2D eigenvalue weighted by Gasteiger charge is -2.08. The average Bonchev–Trinajstić information content (AvgIpc) is 2.15. The third-order valence-electron chi connectivity index (χ3n) is 1.74. The molecular formula is C9H12ClNO2. The molecular weight excluding hydrogens is 190 g/mol. The number of rotatable bonds is 4. The number of halogens is 1. The van der Waals surface area contributed by atoms with Crippen LogP contribution >= 0.6 is 11.6 Å². The van der Waals surface area contributed by atoms with Crippen LogP contribution in [0.2, 0.25) is 5.02 Å². The molecule has 0 bridgehead atoms. The van der Waals surface area contributed by atoms with Crippen molar-refractivity contribution in [1.82, 2.24) is 0 Å². The van der Waals surface area contributed by atoms with Crippen molar-refractivity contribution in [3.05, 3.63) is 28.8 Å². The van der Waals surface area contributed by atoms with Gasteiger partial charge in [0, 0.05) is 6.42 Å². The lowest BCUT2D eigenvalue weighted by Crippen LogP contribution is -2.04. The molecule has 72 valence electrons. The van der Waals surface area contributed by atoms with Crippen LogP contribution in [0.1, 0.15) is 5.56 Å². The summed E-state index contributed by atoms with van der Waals surface area (Å²) < 4.78 is 5.14. The highest BCUT2D eigenvalue weighted by molar-refractivity contribution is 6.32. The molecule has 0 aliphatic rings. The van der Waals surface area contributed by atoms with Crippen molar-refractivity contribution in [1.29, 1.82) is 0 Å². The van der Waals surface area contributed by atoms with Gasteiger partial charge in [-0.1, -0.05) is 23.7 Å². The van der Waals surface area contributed by atoms with Crippen molar-refractivity contribution >= 4 is 11.6 Å². The molecule has 0 radical (unpaired) electrons. The van der Waals surface area contributed by atoms with Gasteiger partial charge in [0.15, 0.2) is 0 Å². The summed E-state index contributed by atoms with van der Waals surface area (Å²) in [6.45, 7) is 0.455. The van der Waals surface area contributed by atoms with Gasteiger partial charge in [0.25, 0.3) is 0 Å². The maximum Gasteiger partial charge on any atom is 0.140 e. The van der Waals surface area contributed by atoms with Gasteiger partial charge in [-0.3, -0.25) is 0 Å². The number of hydrogen-bond donors (Lipinski definition) is 1. The van der Waals surface area contributed by atoms with Gasteiger partial charge >= 0.3 is 0 Å². The van der Waals surface area contributed by atoms with Gasteiger partial charge in [0.1, 0.15) is 5.75 Å². The normalized spacial score (nSPS) is 10.1. The number of hydrogen-bond acceptors (Lipinski definition) is 3. The predicted molar refractivity (Wildman–Crippen MR) is 51.8 cm³/mol. The number of nitrogens with two attached hydrogens (primary N) is 1. The van der Waals surface area contributed by atoms with Crippen LogP contribution in [0, 0.1) is 0 Å². The van der Waals surface area contributed by atoms with Crippen molar-refractivity contribution in [3.63, 3.8) is 0 Å². The highest BCUT2D eigenvalue weighted by Crippen LogP contribution is 2.28. The summed E-state index contributed by atoms with van der Waals surface area (Å²) in [6, 6.07) is 5.59. The average molecular weight is 202 g/mol. The fraction of sp³-hybridized carbons (Fsp3) is 0.333. The predicted octanol–water partition coefficient (Wildman–Crippen LogP) is 1.78. The third-order valence-corrected chi connectivity index (χ3v) is 2.04. The first-order chi connectivity index (χ1) is 6.29. The number of para-hydroxylation sites is 1. The van der Waals surface area contributed by atoms with Crippen LogP contribution in [0.15, 0.2) is 18.2 Å². The van der Waals surface area contributed by atoms with E-state index in [0.717, 1.165) is 5.56 Å². The van der Waals surface area contributed by atoms with E-state index in [4.69, 9.17) is 22.2 Å². The molecule has 0 heterocycles. The quantitative estimate of drug-likeness (QED) is 0.756. The number of methoxy groups -OCH3 is 1. The van der Waals surface area contributed by atoms with Crippen LogP contribution in [0.3, 0.4) is 0 Å². The van der Waals surface area contributed by atoms with Gasteiger partial charge in [-0.25, -0.2) is 5.90 Å². The molecule has 0 aliphatic carbocycles. The second-order valence-corrected chi connectivity index (χ2v) is 2.96. The Hall–Kier alpha value is -0.770. The van der Waals surface area contributed by atoms with Gasteiger partial charge in [-0.05, 0) is 11.6 Å². The second-order valence-electron chi connectivity index (χ2n) is 2.55. The molecule has 1 aromatic rings. The van der Waals surface area contributed by atoms with Gasteiger partial charge in [0.05, 0.1) is 18.7 Å². The van der Waals surface area contributed by atoms with Gasteiger partial charge in [-0.15, -0.1) is 0 Å². The van der Waals surface area contributed by atoms with Crippen LogP contribution in [-0.4, -0.2) is 13.7 Å². The maximum atomic E-state index is 5.91. The third kappa shape index (κ3) is 2.59. The van der Waals surface area contributed by atoms with Crippen molar-refractivity contribution in [3.8, 4) is 5.75 Å². The maximum absolute atomic E-state index is 5.91. The van der Waals surface area contributed by atoms with Gasteiger partial charge in [0.2, 0.25) is 0 Å². The molecule has 0 aliphatic heterocycles. The van der Waals surface area contributed by atoms with Gasteiger partial charge in [-0.2, -0.15) is 0 Å². The highest BCUT2D eigenvalue weighted by Gasteiger charge is 2.06. The van der Waals surface area contributed by atoms with Crippen molar-refractivity contribution < 1.29 is 9.57 Å². The Kier molecular flexibility index (Phi) is 4.02. The monoisotopic (exact) mass is 201 g/mol. The minimum atomic E-state index is 0.455. The summed E-state index contributed by atoms with van der Waals surface area (Å²) in [5.41, 5.74) is 1.00. The van der Waals surface area contributed by atoms with E-state index in [0.29, 0.717) is 23.8 Å². The summed E-state index contributed by atoms with van der Waals surface area (Å²) in [5.74, 6) is 5.63. The van der Waals surface area contributed by atoms with E-state index in [2.05, 4.69) is 4.84 Å². The summed E-state index contributed by atoms with van der Waals surface area (Å²) >= 11 is 5.91. The Bertz CT molecular complexity index is 278. The van der Waals surface area contributed by atoms with Crippen LogP contribution < -0.4 is 10.6 Å². The van der Waals surface area contributed by atoms with Crippen LogP contribution in [0.25, 0.3) is 0 Å². The Morgan fingerprint density at radius 2 is 2.23 bits per heavy atom. The SMILES string of the molecule is COc1c(Cl)cccc1CCON. The standard InChI is InChI=1S/C9H12ClNO2/c1-12-9-7(5-6-13-11)3-2-4-8(9)10/h2-4H,5-6,11H2,1H3. The van der Waals surface area contributed by atoms with E-state index in [1.165, 1.54) is 0 Å². The van der Waals surface area contributed by atoms with Crippen LogP contribution in [0.4, 0.5) is 0 Å². The number of ether oxygens (including phenoxy) is 1. The Labute approximate surface area is 82.4 Å². The molecule has 0 aromatic heterocycles. The molecule has 0 spiro atoms. The van der Waals surface area contributed by atoms with Crippen LogP contribution in [0.5, 0.6) is 5.75 Å². The van der Waals surface area contributed by atoms with Crippen molar-refractivity contribution in [2.24, 2.45) is 5.90 Å². The Morgan fingerprint density at radius 3 is 2.85 bits per heavy atom. The van der Waals surface area contributed by atoms with Crippen molar-refractivity contribution in [2.45, 2.75) is 6.42 Å². The zero-order chi connectivity index (χ0) is 9.68. The molecule has 4 heteroatoms. The molecule has 1 rings (SSSR count). The fourth-order valence-electron chi connectivity index (χ4n) is 1.15. The van der Waals surface area contributed by atoms with Gasteiger partial charge < -0.3 is 9.57 Å². The van der Waals surface area contributed by atoms with E-state index in [1.54, 1.807) is 13.2 Å². The molecule has 0 fully saturated rings. The first-order valence-electron chi connectivity index (χ1n) is 3.92. The fourth-order valence-corrected chi connectivity index (χ4v) is 1.42. The first kappa shape index (κ1) is 10.3. The van der Waals surface area contributed by atoms with E-state index in [-0.39, 0.29) is 0 Å². The summed E-state index contributed by atoms with van der Waals surface area (Å²) in [4.78, 5) is 4.49. The summed E-state index contributed by atoms with van der Waals surface area (Å²) in [5, 5.41) is 0.608. The molecule has 13 heavy (non-hydrogen) atoms. The molecule has 0 saturated heterocycles. The molecule has 1 aromatic carbocycles. The lowest BCUT2D eigenvalue weighted by atomic mass is 10.1. The summed E-state index contributed by atoms with van der Waals surface area (Å²) in [6.07, 6.45) is 0.695. The lowest BCUT2D eigenvalue weighted by molar-refractivity contribution is 0.140. The molecule has 0 amide bonds. The molecule has 3 nitrogen and oxygen atoms in total. The molecule has 0 saturated carbocycles. The zero-order valence-electron chi connectivity index (χ0n) is 7.42. The topological polar surface area (TPSA) is 44.5 Å². The van der Waals surface area contributed by atoms with E-state index in [1.807, 2.05) is 12.1 Å². The highest BCUT2D eigenvalue weighted by atomic mass is 35.5. The Balaban J connectivity index is 2.85. The molecule has 2 N–H and O–H groups in total.